The van der Waals surface area contributed by atoms with Crippen molar-refractivity contribution in [3.8, 4) is 0 Å². The SMILES string of the molecule is C=C1C[C@H](CCC=O)OC1CC[C@H]1C[C@@H](C)C(=C)C(C[C@@H]2OC(C[C@@H](CO[Si](C)(C)C(C)(C)C)O[Si](C)(C)C(C)(C)C)[C@H](OC)[C@H]2C(C(=O)CC2CC[C@@H]3O[C@@H]([C@H](/C=C/C)O[Si](C)(C)C(C)(C)C)[C@@H](O[Si](C)(C)C(C)(C)C)[C@H](O[Si](C)(C)C(C)(C)C)[C@H]3O2)S(=O)(=O)c2ccccc2)O1. The number of sulfone groups is 1. The molecular weight excluding hydrogens is 1340 g/mol. The number of aldehydes is 1. The second kappa shape index (κ2) is 32.6. The average Bonchev–Trinajstić information content (AvgIpc) is 1.19. The third-order valence-electron chi connectivity index (χ3n) is 24.8. The molecule has 5 fully saturated rings. The third kappa shape index (κ3) is 20.5. The van der Waals surface area contributed by atoms with Crippen molar-refractivity contribution in [1.82, 2.24) is 0 Å². The van der Waals surface area contributed by atoms with Crippen molar-refractivity contribution >= 4 is 63.5 Å². The maximum atomic E-state index is 16.5. The summed E-state index contributed by atoms with van der Waals surface area (Å²) in [7, 11) is -15.4. The highest BCUT2D eigenvalue weighted by atomic mass is 32.2. The number of ketones is 1. The van der Waals surface area contributed by atoms with E-state index in [0.29, 0.717) is 51.6 Å². The fourth-order valence-electron chi connectivity index (χ4n) is 13.4. The highest BCUT2D eigenvalue weighted by molar-refractivity contribution is 7.92. The highest BCUT2D eigenvalue weighted by Gasteiger charge is 2.61. The van der Waals surface area contributed by atoms with Crippen LogP contribution in [-0.4, -0.2) is 173 Å². The van der Waals surface area contributed by atoms with Crippen LogP contribution in [0.1, 0.15) is 188 Å². The Morgan fingerprint density at radius 2 is 1.19 bits per heavy atom. The summed E-state index contributed by atoms with van der Waals surface area (Å²) in [6, 6.07) is 8.39. The fraction of sp³-hybridized carbons (Fsp3) is 0.818. The maximum Gasteiger partial charge on any atom is 0.193 e. The van der Waals surface area contributed by atoms with Crippen LogP contribution in [0.2, 0.25) is 90.7 Å². The summed E-state index contributed by atoms with van der Waals surface area (Å²) >= 11 is 0. The van der Waals surface area contributed by atoms with Gasteiger partial charge in [0.1, 0.15) is 36.0 Å². The zero-order valence-electron chi connectivity index (χ0n) is 66.4. The summed E-state index contributed by atoms with van der Waals surface area (Å²) in [6.07, 6.45) is 2.36. The van der Waals surface area contributed by atoms with Gasteiger partial charge in [-0.1, -0.05) is 154 Å². The summed E-state index contributed by atoms with van der Waals surface area (Å²) in [5.41, 5.74) is 1.92. The van der Waals surface area contributed by atoms with E-state index in [1.54, 1.807) is 37.4 Å². The standard InChI is InChI=1S/C77H138O15SSi5/c1-31-36-62(90-96(25,26)75(11,12)13)69-71(92-98(29,30)77(17,18)19)70(91-97(27,28)76(14,15)16)68-61(88-69)43-41-56(86-68)47-59(79)72(93(80,81)58-38-33-32-34-39-58)66-64(49-63-53(4)51(2)45-55(85-63)40-42-60-52(3)46-54(84-60)37-35-44-78)87-65(67(66)82-20)48-57(89-95(23,24)74(8,9)10)50-83-94(21,22)73(5,6)7/h31-34,36,38-39,44,51,54-57,60-72H,3-4,35,37,40-43,45-50H2,1-2,5-30H3/b36-31+/t51-,54+,55+,56?,57+,60?,61+,62+,63?,64+,65?,66+,67+,68+,69+,70-,71-,72?/m1/s1. The van der Waals surface area contributed by atoms with Gasteiger partial charge in [-0.2, -0.15) is 0 Å². The molecule has 0 aliphatic carbocycles. The molecule has 1 aromatic rings. The van der Waals surface area contributed by atoms with Crippen LogP contribution in [0.25, 0.3) is 0 Å². The number of methoxy groups -OCH3 is 1. The van der Waals surface area contributed by atoms with Gasteiger partial charge < -0.3 is 55.3 Å². The number of fused-ring (bicyclic) bond motifs is 1. The van der Waals surface area contributed by atoms with Crippen LogP contribution >= 0.6 is 0 Å². The number of ether oxygens (including phenoxy) is 6. The number of carbonyl (C=O) groups excluding carboxylic acids is 2. The lowest BCUT2D eigenvalue weighted by atomic mass is 9.81. The summed E-state index contributed by atoms with van der Waals surface area (Å²) < 4.78 is 113. The number of hydrogen-bond acceptors (Lipinski definition) is 15. The molecule has 15 nitrogen and oxygen atoms in total. The van der Waals surface area contributed by atoms with Gasteiger partial charge >= 0.3 is 0 Å². The second-order valence-corrected chi connectivity index (χ2v) is 63.3. The molecule has 18 atom stereocenters. The summed E-state index contributed by atoms with van der Waals surface area (Å²) in [5.74, 6) is -1.45. The zero-order chi connectivity index (χ0) is 74.1. The molecule has 5 unspecified atom stereocenters. The first-order valence-electron chi connectivity index (χ1n) is 37.1. The van der Waals surface area contributed by atoms with E-state index in [9.17, 15) is 4.79 Å². The lowest BCUT2D eigenvalue weighted by Gasteiger charge is -2.56. The van der Waals surface area contributed by atoms with Crippen molar-refractivity contribution in [2.24, 2.45) is 11.8 Å². The van der Waals surface area contributed by atoms with E-state index in [2.05, 4.69) is 202 Å². The van der Waals surface area contributed by atoms with Gasteiger partial charge in [0.25, 0.3) is 0 Å². The van der Waals surface area contributed by atoms with Gasteiger partial charge in [-0.15, -0.1) is 0 Å². The van der Waals surface area contributed by atoms with Crippen molar-refractivity contribution in [2.75, 3.05) is 13.7 Å². The number of hydrogen-bond donors (Lipinski definition) is 0. The van der Waals surface area contributed by atoms with Gasteiger partial charge in [-0.25, -0.2) is 8.42 Å². The monoisotopic (exact) mass is 1470 g/mol. The van der Waals surface area contributed by atoms with Crippen LogP contribution in [0.5, 0.6) is 0 Å². The number of Topliss-reactive ketones (excluding diaryl/α,β-unsaturated/α-hetero) is 1. The highest BCUT2D eigenvalue weighted by Crippen LogP contribution is 2.50. The van der Waals surface area contributed by atoms with Crippen molar-refractivity contribution in [1.29, 1.82) is 0 Å². The molecule has 0 aromatic heterocycles. The predicted octanol–water partition coefficient (Wildman–Crippen LogP) is 18.3. The smallest absolute Gasteiger partial charge is 0.193 e. The first kappa shape index (κ1) is 85.3. The molecule has 0 saturated carbocycles. The van der Waals surface area contributed by atoms with Gasteiger partial charge in [-0.3, -0.25) is 4.79 Å². The van der Waals surface area contributed by atoms with Crippen LogP contribution in [-0.2, 0) is 70.0 Å². The Hall–Kier alpha value is -1.63. The minimum atomic E-state index is -4.52. The van der Waals surface area contributed by atoms with Crippen molar-refractivity contribution in [3.63, 3.8) is 0 Å². The van der Waals surface area contributed by atoms with Crippen molar-refractivity contribution in [3.05, 3.63) is 66.8 Å². The van der Waals surface area contributed by atoms with Crippen molar-refractivity contribution < 1.29 is 68.6 Å². The van der Waals surface area contributed by atoms with E-state index >= 15 is 13.2 Å². The first-order valence-corrected chi connectivity index (χ1v) is 53.2. The molecule has 21 heteroatoms. The number of carbonyl (C=O) groups is 2. The molecule has 0 spiro atoms. The Kier molecular flexibility index (Phi) is 28.4. The van der Waals surface area contributed by atoms with E-state index in [0.717, 1.165) is 30.3 Å². The minimum absolute atomic E-state index is 0.0360. The summed E-state index contributed by atoms with van der Waals surface area (Å²) in [4.78, 5) is 27.9. The molecule has 5 saturated heterocycles. The molecule has 6 rings (SSSR count). The Labute approximate surface area is 601 Å². The predicted molar refractivity (Wildman–Crippen MR) is 411 cm³/mol. The number of benzene rings is 1. The van der Waals surface area contributed by atoms with Gasteiger partial charge in [0, 0.05) is 38.7 Å². The quantitative estimate of drug-likeness (QED) is 0.0405. The molecule has 5 heterocycles. The number of rotatable bonds is 30. The fourth-order valence-corrected chi connectivity index (χ4v) is 21.7. The average molecular weight is 1480 g/mol. The molecule has 0 amide bonds. The van der Waals surface area contributed by atoms with Crippen LogP contribution in [0, 0.1) is 11.8 Å². The van der Waals surface area contributed by atoms with Gasteiger partial charge in [0.2, 0.25) is 0 Å². The van der Waals surface area contributed by atoms with Crippen molar-refractivity contribution in [2.45, 2.75) is 381 Å². The van der Waals surface area contributed by atoms with E-state index in [-0.39, 0.29) is 67.2 Å². The van der Waals surface area contributed by atoms with Crippen LogP contribution in [0.4, 0.5) is 0 Å². The maximum absolute atomic E-state index is 16.5. The largest absolute Gasteiger partial charge is 0.414 e. The molecule has 98 heavy (non-hydrogen) atoms. The van der Waals surface area contributed by atoms with Crippen LogP contribution in [0.3, 0.4) is 0 Å². The summed E-state index contributed by atoms with van der Waals surface area (Å²) in [5, 5.41) is -2.37. The van der Waals surface area contributed by atoms with E-state index < -0.39 is 142 Å². The van der Waals surface area contributed by atoms with E-state index in [1.807, 2.05) is 6.92 Å². The molecule has 0 N–H and O–H groups in total. The molecule has 562 valence electrons. The van der Waals surface area contributed by atoms with Crippen LogP contribution in [0.15, 0.2) is 71.7 Å². The number of allylic oxidation sites excluding steroid dienone is 1. The Balaban J connectivity index is 1.49. The van der Waals surface area contributed by atoms with Crippen LogP contribution < -0.4 is 0 Å². The minimum Gasteiger partial charge on any atom is -0.414 e. The molecule has 5 aliphatic heterocycles. The molecular formula is C77H138O15SSi5. The molecule has 0 bridgehead atoms. The Morgan fingerprint density at radius 1 is 0.643 bits per heavy atom. The molecule has 5 aliphatic rings. The van der Waals surface area contributed by atoms with Gasteiger partial charge in [-0.05, 0) is 172 Å². The molecule has 1 aromatic carbocycles. The third-order valence-corrected chi connectivity index (χ3v) is 49.5. The zero-order valence-corrected chi connectivity index (χ0v) is 72.3. The Morgan fingerprint density at radius 3 is 1.73 bits per heavy atom. The normalized spacial score (nSPS) is 30.4. The van der Waals surface area contributed by atoms with Gasteiger partial charge in [0.05, 0.1) is 78.6 Å². The topological polar surface area (TPSA) is 170 Å². The first-order chi connectivity index (χ1) is 44.7. The van der Waals surface area contributed by atoms with Gasteiger partial charge in [0.15, 0.2) is 57.2 Å². The second-order valence-electron chi connectivity index (χ2n) is 37.4. The molecule has 0 radical (unpaired) electrons. The lowest BCUT2D eigenvalue weighted by Crippen LogP contribution is -2.69. The summed E-state index contributed by atoms with van der Waals surface area (Å²) in [6.45, 7) is 69.8. The van der Waals surface area contributed by atoms with E-state index in [1.165, 1.54) is 0 Å². The Bertz CT molecular complexity index is 2950. The lowest BCUT2D eigenvalue weighted by molar-refractivity contribution is -0.266. The van der Waals surface area contributed by atoms with E-state index in [4.69, 9.17) is 50.6 Å².